The van der Waals surface area contributed by atoms with E-state index in [1.807, 2.05) is 49.0 Å². The summed E-state index contributed by atoms with van der Waals surface area (Å²) in [5, 5.41) is 13.8. The minimum Gasteiger partial charge on any atom is -0.357 e. The first-order valence-electron chi connectivity index (χ1n) is 7.15. The zero-order valence-corrected chi connectivity index (χ0v) is 13.4. The summed E-state index contributed by atoms with van der Waals surface area (Å²) in [5.41, 5.74) is 3.11. The van der Waals surface area contributed by atoms with E-state index in [0.717, 1.165) is 22.5 Å². The van der Waals surface area contributed by atoms with Crippen molar-refractivity contribution in [1.82, 2.24) is 15.1 Å². The van der Waals surface area contributed by atoms with Crippen molar-refractivity contribution in [1.29, 1.82) is 0 Å². The van der Waals surface area contributed by atoms with E-state index < -0.39 is 0 Å². The fourth-order valence-electron chi connectivity index (χ4n) is 2.50. The molecule has 0 aliphatic heterocycles. The largest absolute Gasteiger partial charge is 0.357 e. The number of aryl methyl sites for hydroxylation is 2. The number of nitrogens with one attached hydrogen (secondary N) is 2. The summed E-state index contributed by atoms with van der Waals surface area (Å²) in [7, 11) is 1.94. The van der Waals surface area contributed by atoms with E-state index in [0.29, 0.717) is 11.7 Å². The van der Waals surface area contributed by atoms with Gasteiger partial charge in [-0.05, 0) is 36.7 Å². The number of thiocarbonyl (C=S) groups is 1. The molecule has 4 nitrogen and oxygen atoms in total. The van der Waals surface area contributed by atoms with Gasteiger partial charge in [-0.15, -0.1) is 0 Å². The first kappa shape index (κ1) is 14.5. The van der Waals surface area contributed by atoms with E-state index in [1.54, 1.807) is 0 Å². The van der Waals surface area contributed by atoms with Crippen LogP contribution in [0.15, 0.2) is 48.5 Å². The highest BCUT2D eigenvalue weighted by Crippen LogP contribution is 2.22. The van der Waals surface area contributed by atoms with Gasteiger partial charge in [0.25, 0.3) is 0 Å². The molecular formula is C17H18N4S. The molecule has 0 fully saturated rings. The van der Waals surface area contributed by atoms with Crippen LogP contribution in [0.4, 0.5) is 5.69 Å². The van der Waals surface area contributed by atoms with Gasteiger partial charge in [-0.25, -0.2) is 0 Å². The van der Waals surface area contributed by atoms with E-state index in [-0.39, 0.29) is 0 Å². The monoisotopic (exact) mass is 310 g/mol. The summed E-state index contributed by atoms with van der Waals surface area (Å²) in [5.74, 6) is 0. The molecule has 0 spiro atoms. The van der Waals surface area contributed by atoms with E-state index in [4.69, 9.17) is 12.2 Å². The first-order valence-corrected chi connectivity index (χ1v) is 7.56. The van der Waals surface area contributed by atoms with Crippen LogP contribution in [0.5, 0.6) is 0 Å². The fraction of sp³-hybridized carbons (Fsp3) is 0.176. The summed E-state index contributed by atoms with van der Waals surface area (Å²) in [6.07, 6.45) is 0. The zero-order valence-electron chi connectivity index (χ0n) is 12.6. The van der Waals surface area contributed by atoms with Crippen LogP contribution in [0.25, 0.3) is 10.8 Å². The second-order valence-corrected chi connectivity index (χ2v) is 5.64. The molecule has 0 bridgehead atoms. The molecule has 1 heterocycles. The highest BCUT2D eigenvalue weighted by Gasteiger charge is 2.05. The van der Waals surface area contributed by atoms with Gasteiger partial charge in [-0.1, -0.05) is 36.4 Å². The van der Waals surface area contributed by atoms with Gasteiger partial charge in [0, 0.05) is 18.1 Å². The standard InChI is InChI=1S/C17H18N4S/c1-12-10-14(21(2)20-12)11-18-17(22)19-16-9-5-7-13-6-3-4-8-15(13)16/h3-10H,11H2,1-2H3,(H2,18,19,22). The molecule has 5 heteroatoms. The molecule has 0 unspecified atom stereocenters. The Morgan fingerprint density at radius 2 is 1.95 bits per heavy atom. The molecule has 0 radical (unpaired) electrons. The quantitative estimate of drug-likeness (QED) is 0.728. The van der Waals surface area contributed by atoms with E-state index >= 15 is 0 Å². The number of aromatic nitrogens is 2. The van der Waals surface area contributed by atoms with Crippen molar-refractivity contribution < 1.29 is 0 Å². The molecule has 0 aliphatic rings. The summed E-state index contributed by atoms with van der Waals surface area (Å²) in [6.45, 7) is 2.63. The van der Waals surface area contributed by atoms with Crippen molar-refractivity contribution >= 4 is 33.8 Å². The summed E-state index contributed by atoms with van der Waals surface area (Å²) in [6, 6.07) is 16.4. The number of rotatable bonds is 3. The topological polar surface area (TPSA) is 41.9 Å². The summed E-state index contributed by atoms with van der Waals surface area (Å²) in [4.78, 5) is 0. The van der Waals surface area contributed by atoms with Crippen molar-refractivity contribution in [3.05, 3.63) is 59.9 Å². The third-order valence-electron chi connectivity index (χ3n) is 3.57. The van der Waals surface area contributed by atoms with Gasteiger partial charge in [-0.3, -0.25) is 4.68 Å². The lowest BCUT2D eigenvalue weighted by atomic mass is 10.1. The van der Waals surface area contributed by atoms with Gasteiger partial charge >= 0.3 is 0 Å². The second-order valence-electron chi connectivity index (χ2n) is 5.24. The Morgan fingerprint density at radius 3 is 2.73 bits per heavy atom. The number of hydrogen-bond donors (Lipinski definition) is 2. The molecule has 2 N–H and O–H groups in total. The normalized spacial score (nSPS) is 10.6. The Bertz CT molecular complexity index is 817. The molecule has 0 saturated carbocycles. The molecule has 0 aliphatic carbocycles. The van der Waals surface area contributed by atoms with Crippen molar-refractivity contribution in [2.24, 2.45) is 7.05 Å². The Balaban J connectivity index is 1.70. The summed E-state index contributed by atoms with van der Waals surface area (Å²) < 4.78 is 1.86. The van der Waals surface area contributed by atoms with Crippen LogP contribution in [0.3, 0.4) is 0 Å². The molecule has 22 heavy (non-hydrogen) atoms. The first-order chi connectivity index (χ1) is 10.6. The SMILES string of the molecule is Cc1cc(CNC(=S)Nc2cccc3ccccc23)n(C)n1. The molecule has 2 aromatic carbocycles. The second kappa shape index (κ2) is 6.15. The van der Waals surface area contributed by atoms with Crippen molar-refractivity contribution in [2.75, 3.05) is 5.32 Å². The Hall–Kier alpha value is -2.40. The van der Waals surface area contributed by atoms with Crippen LogP contribution >= 0.6 is 12.2 Å². The maximum atomic E-state index is 5.40. The number of hydrogen-bond acceptors (Lipinski definition) is 2. The lowest BCUT2D eigenvalue weighted by molar-refractivity contribution is 0.689. The minimum atomic E-state index is 0.607. The number of benzene rings is 2. The van der Waals surface area contributed by atoms with Crippen molar-refractivity contribution in [2.45, 2.75) is 13.5 Å². The molecule has 0 saturated heterocycles. The molecule has 0 atom stereocenters. The lowest BCUT2D eigenvalue weighted by Crippen LogP contribution is -2.28. The van der Waals surface area contributed by atoms with Gasteiger partial charge in [0.15, 0.2) is 5.11 Å². The predicted octanol–water partition coefficient (Wildman–Crippen LogP) is 3.37. The fourth-order valence-corrected chi connectivity index (χ4v) is 2.68. The molecular weight excluding hydrogens is 292 g/mol. The summed E-state index contributed by atoms with van der Waals surface area (Å²) >= 11 is 5.40. The van der Waals surface area contributed by atoms with Crippen molar-refractivity contribution in [3.63, 3.8) is 0 Å². The highest BCUT2D eigenvalue weighted by molar-refractivity contribution is 7.80. The van der Waals surface area contributed by atoms with Gasteiger partial charge in [0.2, 0.25) is 0 Å². The van der Waals surface area contributed by atoms with Crippen LogP contribution in [0.2, 0.25) is 0 Å². The van der Waals surface area contributed by atoms with E-state index in [1.165, 1.54) is 5.39 Å². The smallest absolute Gasteiger partial charge is 0.171 e. The third kappa shape index (κ3) is 3.09. The number of nitrogens with zero attached hydrogens (tertiary/aromatic N) is 2. The average Bonchev–Trinajstić information content (AvgIpc) is 2.83. The Kier molecular flexibility index (Phi) is 4.06. The Morgan fingerprint density at radius 1 is 1.18 bits per heavy atom. The lowest BCUT2D eigenvalue weighted by Gasteiger charge is -2.12. The Labute approximate surface area is 135 Å². The molecule has 0 amide bonds. The average molecular weight is 310 g/mol. The maximum Gasteiger partial charge on any atom is 0.171 e. The zero-order chi connectivity index (χ0) is 15.5. The highest BCUT2D eigenvalue weighted by atomic mass is 32.1. The number of fused-ring (bicyclic) bond motifs is 1. The van der Waals surface area contributed by atoms with Gasteiger partial charge in [-0.2, -0.15) is 5.10 Å². The van der Waals surface area contributed by atoms with Crippen LogP contribution < -0.4 is 10.6 Å². The predicted molar refractivity (Wildman–Crippen MR) is 95.0 cm³/mol. The molecule has 112 valence electrons. The molecule has 3 rings (SSSR count). The minimum absolute atomic E-state index is 0.607. The van der Waals surface area contributed by atoms with Crippen LogP contribution in [-0.4, -0.2) is 14.9 Å². The van der Waals surface area contributed by atoms with Crippen LogP contribution in [0, 0.1) is 6.92 Å². The van der Waals surface area contributed by atoms with Gasteiger partial charge in [0.1, 0.15) is 0 Å². The van der Waals surface area contributed by atoms with Gasteiger partial charge < -0.3 is 10.6 Å². The van der Waals surface area contributed by atoms with Gasteiger partial charge in [0.05, 0.1) is 17.9 Å². The maximum absolute atomic E-state index is 5.40. The molecule has 1 aromatic heterocycles. The number of anilines is 1. The van der Waals surface area contributed by atoms with E-state index in [2.05, 4.69) is 33.9 Å². The molecule has 3 aromatic rings. The van der Waals surface area contributed by atoms with E-state index in [9.17, 15) is 0 Å². The van der Waals surface area contributed by atoms with Crippen LogP contribution in [0.1, 0.15) is 11.4 Å². The van der Waals surface area contributed by atoms with Crippen molar-refractivity contribution in [3.8, 4) is 0 Å². The van der Waals surface area contributed by atoms with Crippen LogP contribution in [-0.2, 0) is 13.6 Å². The third-order valence-corrected chi connectivity index (χ3v) is 3.81.